The van der Waals surface area contributed by atoms with Crippen LogP contribution in [-0.4, -0.2) is 41.5 Å². The summed E-state index contributed by atoms with van der Waals surface area (Å²) in [7, 11) is 0. The predicted octanol–water partition coefficient (Wildman–Crippen LogP) is 2.57. The first-order chi connectivity index (χ1) is 11.0. The number of hydrogen-bond acceptors (Lipinski definition) is 4. The second-order valence-corrected chi connectivity index (χ2v) is 7.16. The van der Waals surface area contributed by atoms with Crippen LogP contribution in [0.15, 0.2) is 18.3 Å². The number of nitrogens with zero attached hydrogens (tertiary/aromatic N) is 4. The Morgan fingerprint density at radius 3 is 2.78 bits per heavy atom. The quantitative estimate of drug-likeness (QED) is 0.842. The number of carbonyl (C=O) groups excluding carboxylic acids is 1. The molecule has 5 heteroatoms. The fraction of sp³-hybridized carbons (Fsp3) is 0.611. The lowest BCUT2D eigenvalue weighted by Crippen LogP contribution is -2.55. The Morgan fingerprint density at radius 1 is 1.30 bits per heavy atom. The first-order valence-electron chi connectivity index (χ1n) is 8.44. The monoisotopic (exact) mass is 312 g/mol. The summed E-state index contributed by atoms with van der Waals surface area (Å²) in [4.78, 5) is 21.0. The van der Waals surface area contributed by atoms with Crippen molar-refractivity contribution in [3.63, 3.8) is 0 Å². The van der Waals surface area contributed by atoms with Crippen LogP contribution < -0.4 is 4.90 Å². The zero-order chi connectivity index (χ0) is 16.4. The van der Waals surface area contributed by atoms with Crippen molar-refractivity contribution in [1.82, 2.24) is 9.88 Å². The minimum Gasteiger partial charge on any atom is -0.356 e. The number of hydrogen-bond donors (Lipinski definition) is 0. The normalized spacial score (nSPS) is 25.0. The maximum atomic E-state index is 12.2. The predicted molar refractivity (Wildman–Crippen MR) is 88.9 cm³/mol. The summed E-state index contributed by atoms with van der Waals surface area (Å²) in [5, 5.41) is 8.90. The van der Waals surface area contributed by atoms with Crippen molar-refractivity contribution in [2.75, 3.05) is 24.5 Å². The summed E-state index contributed by atoms with van der Waals surface area (Å²) in [5.74, 6) is 1.23. The Balaban J connectivity index is 1.77. The Hall–Kier alpha value is -2.09. The van der Waals surface area contributed by atoms with E-state index < -0.39 is 0 Å². The fourth-order valence-electron chi connectivity index (χ4n) is 3.89. The molecule has 5 nitrogen and oxygen atoms in total. The van der Waals surface area contributed by atoms with Gasteiger partial charge in [-0.1, -0.05) is 0 Å². The summed E-state index contributed by atoms with van der Waals surface area (Å²) in [6, 6.07) is 6.14. The van der Waals surface area contributed by atoms with Crippen molar-refractivity contribution < 1.29 is 4.79 Å². The smallest absolute Gasteiger partial charge is 0.222 e. The lowest BCUT2D eigenvalue weighted by atomic mass is 9.73. The van der Waals surface area contributed by atoms with Crippen molar-refractivity contribution in [2.45, 2.75) is 45.6 Å². The van der Waals surface area contributed by atoms with Gasteiger partial charge in [0.15, 0.2) is 0 Å². The van der Waals surface area contributed by atoms with E-state index in [0.29, 0.717) is 17.9 Å². The zero-order valence-electron chi connectivity index (χ0n) is 14.0. The van der Waals surface area contributed by atoms with Crippen LogP contribution in [0.2, 0.25) is 0 Å². The topological polar surface area (TPSA) is 60.2 Å². The molecular weight excluding hydrogens is 288 g/mol. The van der Waals surface area contributed by atoms with Crippen molar-refractivity contribution >= 4 is 11.7 Å². The number of carbonyl (C=O) groups is 1. The van der Waals surface area contributed by atoms with Gasteiger partial charge in [0.1, 0.15) is 11.9 Å². The molecule has 2 aliphatic rings. The highest BCUT2D eigenvalue weighted by Crippen LogP contribution is 2.40. The van der Waals surface area contributed by atoms with Gasteiger partial charge in [0, 0.05) is 43.7 Å². The van der Waals surface area contributed by atoms with E-state index in [1.807, 2.05) is 17.0 Å². The fourth-order valence-corrected chi connectivity index (χ4v) is 3.89. The summed E-state index contributed by atoms with van der Waals surface area (Å²) in [6.45, 7) is 6.99. The number of pyridine rings is 1. The minimum atomic E-state index is 0.187. The molecule has 0 N–H and O–H groups in total. The standard InChI is InChI=1S/C18H24N4O/c1-14(2)22-13-18(8-6-17(22)23)7-3-9-21(12-18)16-5-4-15(10-19)11-20-16/h4-5,11,14H,3,6-9,12-13H2,1-2H3/t18-/m0/s1. The van der Waals surface area contributed by atoms with Gasteiger partial charge < -0.3 is 9.80 Å². The number of piperidine rings is 2. The molecule has 3 heterocycles. The lowest BCUT2D eigenvalue weighted by Gasteiger charge is -2.49. The van der Waals surface area contributed by atoms with Gasteiger partial charge in [-0.2, -0.15) is 5.26 Å². The molecular formula is C18H24N4O. The minimum absolute atomic E-state index is 0.187. The van der Waals surface area contributed by atoms with Gasteiger partial charge >= 0.3 is 0 Å². The Kier molecular flexibility index (Phi) is 4.25. The van der Waals surface area contributed by atoms with Crippen LogP contribution in [0.25, 0.3) is 0 Å². The van der Waals surface area contributed by atoms with E-state index in [-0.39, 0.29) is 11.5 Å². The van der Waals surface area contributed by atoms with Crippen LogP contribution >= 0.6 is 0 Å². The summed E-state index contributed by atoms with van der Waals surface area (Å²) in [5.41, 5.74) is 0.779. The molecule has 0 unspecified atom stereocenters. The van der Waals surface area contributed by atoms with E-state index in [1.165, 1.54) is 6.42 Å². The number of rotatable bonds is 2. The van der Waals surface area contributed by atoms with E-state index in [1.54, 1.807) is 6.20 Å². The number of likely N-dealkylation sites (tertiary alicyclic amines) is 1. The Labute approximate surface area is 137 Å². The third-order valence-corrected chi connectivity index (χ3v) is 5.18. The average molecular weight is 312 g/mol. The molecule has 3 rings (SSSR count). The van der Waals surface area contributed by atoms with Crippen LogP contribution in [0.5, 0.6) is 0 Å². The largest absolute Gasteiger partial charge is 0.356 e. The zero-order valence-corrected chi connectivity index (χ0v) is 14.0. The second-order valence-electron chi connectivity index (χ2n) is 7.16. The van der Waals surface area contributed by atoms with Gasteiger partial charge in [-0.05, 0) is 45.2 Å². The molecule has 0 radical (unpaired) electrons. The van der Waals surface area contributed by atoms with Crippen LogP contribution in [0.1, 0.15) is 45.1 Å². The first kappa shape index (κ1) is 15.8. The van der Waals surface area contributed by atoms with E-state index in [0.717, 1.165) is 38.3 Å². The molecule has 0 aliphatic carbocycles. The Bertz CT molecular complexity index is 619. The molecule has 1 atom stereocenters. The molecule has 23 heavy (non-hydrogen) atoms. The SMILES string of the molecule is CC(C)N1C[C@@]2(CCCN(c3ccc(C#N)cn3)C2)CCC1=O. The summed E-state index contributed by atoms with van der Waals surface area (Å²) >= 11 is 0. The van der Waals surface area contributed by atoms with Gasteiger partial charge in [-0.25, -0.2) is 4.98 Å². The third kappa shape index (κ3) is 3.17. The van der Waals surface area contributed by atoms with E-state index in [2.05, 4.69) is 29.8 Å². The second kappa shape index (κ2) is 6.19. The van der Waals surface area contributed by atoms with Crippen molar-refractivity contribution in [1.29, 1.82) is 5.26 Å². The van der Waals surface area contributed by atoms with Gasteiger partial charge in [0.2, 0.25) is 5.91 Å². The molecule has 2 fully saturated rings. The van der Waals surface area contributed by atoms with Crippen molar-refractivity contribution in [3.8, 4) is 6.07 Å². The average Bonchev–Trinajstić information content (AvgIpc) is 2.57. The van der Waals surface area contributed by atoms with E-state index in [9.17, 15) is 4.79 Å². The lowest BCUT2D eigenvalue weighted by molar-refractivity contribution is -0.140. The molecule has 1 aromatic rings. The highest BCUT2D eigenvalue weighted by atomic mass is 16.2. The van der Waals surface area contributed by atoms with Crippen molar-refractivity contribution in [2.24, 2.45) is 5.41 Å². The van der Waals surface area contributed by atoms with Gasteiger partial charge in [-0.15, -0.1) is 0 Å². The van der Waals surface area contributed by atoms with E-state index in [4.69, 9.17) is 5.26 Å². The van der Waals surface area contributed by atoms with Gasteiger partial charge in [0.25, 0.3) is 0 Å². The molecule has 2 saturated heterocycles. The van der Waals surface area contributed by atoms with Crippen LogP contribution in [0.4, 0.5) is 5.82 Å². The Morgan fingerprint density at radius 2 is 2.13 bits per heavy atom. The third-order valence-electron chi connectivity index (χ3n) is 5.18. The number of anilines is 1. The highest BCUT2D eigenvalue weighted by molar-refractivity contribution is 5.77. The maximum Gasteiger partial charge on any atom is 0.222 e. The number of amides is 1. The van der Waals surface area contributed by atoms with Gasteiger partial charge in [-0.3, -0.25) is 4.79 Å². The molecule has 0 saturated carbocycles. The molecule has 1 amide bonds. The van der Waals surface area contributed by atoms with Gasteiger partial charge in [0.05, 0.1) is 5.56 Å². The van der Waals surface area contributed by atoms with E-state index >= 15 is 0 Å². The van der Waals surface area contributed by atoms with Crippen LogP contribution in [0.3, 0.4) is 0 Å². The molecule has 1 spiro atoms. The number of aromatic nitrogens is 1. The van der Waals surface area contributed by atoms with Crippen molar-refractivity contribution in [3.05, 3.63) is 23.9 Å². The molecule has 122 valence electrons. The molecule has 0 aromatic carbocycles. The molecule has 2 aliphatic heterocycles. The molecule has 0 bridgehead atoms. The molecule has 1 aromatic heterocycles. The first-order valence-corrected chi connectivity index (χ1v) is 8.44. The number of nitriles is 1. The van der Waals surface area contributed by atoms with Crippen LogP contribution in [-0.2, 0) is 4.79 Å². The van der Waals surface area contributed by atoms with Crippen LogP contribution in [0, 0.1) is 16.7 Å². The highest BCUT2D eigenvalue weighted by Gasteiger charge is 2.42. The maximum absolute atomic E-state index is 12.2. The summed E-state index contributed by atoms with van der Waals surface area (Å²) in [6.07, 6.45) is 5.58. The summed E-state index contributed by atoms with van der Waals surface area (Å²) < 4.78 is 0.